The van der Waals surface area contributed by atoms with Gasteiger partial charge in [0, 0.05) is 30.4 Å². The van der Waals surface area contributed by atoms with E-state index in [0.29, 0.717) is 24.7 Å². The minimum absolute atomic E-state index is 0.152. The van der Waals surface area contributed by atoms with E-state index in [-0.39, 0.29) is 11.6 Å². The highest BCUT2D eigenvalue weighted by atomic mass is 79.9. The number of H-pyrrole nitrogens is 1. The molecule has 0 saturated heterocycles. The van der Waals surface area contributed by atoms with Crippen molar-refractivity contribution in [2.75, 3.05) is 19.0 Å². The maximum Gasteiger partial charge on any atom is 0.343 e. The van der Waals surface area contributed by atoms with Crippen molar-refractivity contribution in [2.45, 2.75) is 30.3 Å². The van der Waals surface area contributed by atoms with Gasteiger partial charge in [0.1, 0.15) is 0 Å². The van der Waals surface area contributed by atoms with Gasteiger partial charge in [-0.15, -0.1) is 5.10 Å². The second-order valence-electron chi connectivity index (χ2n) is 5.07. The van der Waals surface area contributed by atoms with Crippen LogP contribution in [0.4, 0.5) is 5.69 Å². The van der Waals surface area contributed by atoms with Crippen LogP contribution >= 0.6 is 27.7 Å². The monoisotopic (exact) mass is 414 g/mol. The molecule has 130 valence electrons. The number of benzene rings is 1. The predicted molar refractivity (Wildman–Crippen MR) is 97.4 cm³/mol. The number of nitrogens with one attached hydrogen (secondary N) is 2. The molecular weight excluding hydrogens is 396 g/mol. The van der Waals surface area contributed by atoms with Crippen LogP contribution in [0, 0.1) is 0 Å². The number of carbonyl (C=O) groups excluding carboxylic acids is 1. The average Bonchev–Trinajstić information content (AvgIpc) is 2.90. The van der Waals surface area contributed by atoms with Crippen LogP contribution in [-0.4, -0.2) is 39.6 Å². The van der Waals surface area contributed by atoms with Crippen molar-refractivity contribution in [2.24, 2.45) is 0 Å². The number of aromatic amines is 1. The van der Waals surface area contributed by atoms with Gasteiger partial charge in [-0.3, -0.25) is 9.36 Å². The first kappa shape index (κ1) is 18.8. The van der Waals surface area contributed by atoms with Crippen LogP contribution in [0.2, 0.25) is 0 Å². The van der Waals surface area contributed by atoms with Crippen LogP contribution in [0.25, 0.3) is 0 Å². The van der Waals surface area contributed by atoms with Gasteiger partial charge in [0.25, 0.3) is 0 Å². The summed E-state index contributed by atoms with van der Waals surface area (Å²) in [4.78, 5) is 24.1. The molecule has 0 radical (unpaired) electrons. The van der Waals surface area contributed by atoms with E-state index in [1.165, 1.54) is 16.3 Å². The average molecular weight is 415 g/mol. The van der Waals surface area contributed by atoms with E-state index in [2.05, 4.69) is 31.4 Å². The van der Waals surface area contributed by atoms with Gasteiger partial charge in [-0.25, -0.2) is 9.89 Å². The zero-order valence-corrected chi connectivity index (χ0v) is 15.8. The van der Waals surface area contributed by atoms with Gasteiger partial charge < -0.3 is 10.1 Å². The minimum atomic E-state index is -0.398. The van der Waals surface area contributed by atoms with Gasteiger partial charge in [0.15, 0.2) is 5.16 Å². The van der Waals surface area contributed by atoms with Crippen molar-refractivity contribution >= 4 is 39.3 Å². The molecule has 0 aliphatic carbocycles. The van der Waals surface area contributed by atoms with E-state index in [4.69, 9.17) is 4.74 Å². The third kappa shape index (κ3) is 5.22. The number of hydrogen-bond donors (Lipinski definition) is 2. The number of hydrogen-bond acceptors (Lipinski definition) is 5. The Balaban J connectivity index is 1.98. The molecular formula is C15H19BrN4O3S. The van der Waals surface area contributed by atoms with Gasteiger partial charge in [0.05, 0.1) is 5.25 Å². The second kappa shape index (κ2) is 9.05. The van der Waals surface area contributed by atoms with Crippen LogP contribution in [0.1, 0.15) is 13.3 Å². The zero-order chi connectivity index (χ0) is 17.5. The molecule has 9 heteroatoms. The Labute approximate surface area is 152 Å². The Morgan fingerprint density at radius 1 is 1.46 bits per heavy atom. The second-order valence-corrected chi connectivity index (χ2v) is 7.29. The van der Waals surface area contributed by atoms with E-state index in [1.54, 1.807) is 14.0 Å². The number of methoxy groups -OCH3 is 1. The number of carbonyl (C=O) groups is 1. The molecule has 0 aliphatic heterocycles. The molecule has 1 atom stereocenters. The summed E-state index contributed by atoms with van der Waals surface area (Å²) in [5, 5.41) is 9.36. The van der Waals surface area contributed by atoms with E-state index >= 15 is 0 Å². The first-order chi connectivity index (χ1) is 11.5. The van der Waals surface area contributed by atoms with Crippen molar-refractivity contribution < 1.29 is 9.53 Å². The summed E-state index contributed by atoms with van der Waals surface area (Å²) in [6.07, 6.45) is 0.697. The molecule has 2 rings (SSSR count). The Morgan fingerprint density at radius 3 is 2.83 bits per heavy atom. The first-order valence-electron chi connectivity index (χ1n) is 7.38. The molecule has 0 fully saturated rings. The number of amides is 1. The van der Waals surface area contributed by atoms with E-state index in [0.717, 1.165) is 10.2 Å². The number of nitrogens with zero attached hydrogens (tertiary/aromatic N) is 2. The van der Waals surface area contributed by atoms with E-state index in [1.807, 2.05) is 24.3 Å². The molecule has 24 heavy (non-hydrogen) atoms. The Kier molecular flexibility index (Phi) is 7.07. The summed E-state index contributed by atoms with van der Waals surface area (Å²) >= 11 is 4.59. The number of ether oxygens (including phenoxy) is 1. The van der Waals surface area contributed by atoms with Crippen molar-refractivity contribution in [3.8, 4) is 0 Å². The van der Waals surface area contributed by atoms with Gasteiger partial charge in [-0.2, -0.15) is 0 Å². The van der Waals surface area contributed by atoms with Crippen LogP contribution in [-0.2, 0) is 16.1 Å². The molecule has 0 spiro atoms. The normalized spacial score (nSPS) is 12.1. The SMILES string of the molecule is COCCCn1c(SC(C)C(=O)Nc2ccc(Br)cc2)n[nH]c1=O. The number of halogens is 1. The van der Waals surface area contributed by atoms with Crippen molar-refractivity contribution in [3.63, 3.8) is 0 Å². The summed E-state index contributed by atoms with van der Waals surface area (Å²) in [5.74, 6) is -0.152. The number of rotatable bonds is 8. The summed E-state index contributed by atoms with van der Waals surface area (Å²) in [7, 11) is 1.61. The number of thioether (sulfide) groups is 1. The predicted octanol–water partition coefficient (Wildman–Crippen LogP) is 2.49. The largest absolute Gasteiger partial charge is 0.385 e. The topological polar surface area (TPSA) is 89.0 Å². The van der Waals surface area contributed by atoms with Gasteiger partial charge in [-0.1, -0.05) is 27.7 Å². The Hall–Kier alpha value is -1.58. The minimum Gasteiger partial charge on any atom is -0.385 e. The molecule has 1 heterocycles. The lowest BCUT2D eigenvalue weighted by Crippen LogP contribution is -2.24. The van der Waals surface area contributed by atoms with Crippen LogP contribution in [0.3, 0.4) is 0 Å². The van der Waals surface area contributed by atoms with Crippen molar-refractivity contribution in [1.82, 2.24) is 14.8 Å². The molecule has 7 nitrogen and oxygen atoms in total. The summed E-state index contributed by atoms with van der Waals surface area (Å²) < 4.78 is 7.46. The van der Waals surface area contributed by atoms with Crippen LogP contribution in [0.15, 0.2) is 38.7 Å². The molecule has 1 aromatic carbocycles. The van der Waals surface area contributed by atoms with Gasteiger partial charge >= 0.3 is 5.69 Å². The third-order valence-electron chi connectivity index (χ3n) is 3.22. The molecule has 1 amide bonds. The third-order valence-corrected chi connectivity index (χ3v) is 4.84. The van der Waals surface area contributed by atoms with Gasteiger partial charge in [-0.05, 0) is 37.6 Å². The van der Waals surface area contributed by atoms with E-state index < -0.39 is 5.25 Å². The molecule has 0 saturated carbocycles. The highest BCUT2D eigenvalue weighted by Gasteiger charge is 2.19. The summed E-state index contributed by atoms with van der Waals surface area (Å²) in [6, 6.07) is 7.34. The molecule has 2 N–H and O–H groups in total. The fourth-order valence-corrected chi connectivity index (χ4v) is 3.09. The van der Waals surface area contributed by atoms with Crippen LogP contribution < -0.4 is 11.0 Å². The Bertz CT molecular complexity index is 729. The van der Waals surface area contributed by atoms with Crippen LogP contribution in [0.5, 0.6) is 0 Å². The van der Waals surface area contributed by atoms with E-state index in [9.17, 15) is 9.59 Å². The lowest BCUT2D eigenvalue weighted by molar-refractivity contribution is -0.115. The molecule has 0 bridgehead atoms. The number of anilines is 1. The fraction of sp³-hybridized carbons (Fsp3) is 0.400. The highest BCUT2D eigenvalue weighted by Crippen LogP contribution is 2.22. The Morgan fingerprint density at radius 2 is 2.17 bits per heavy atom. The number of aromatic nitrogens is 3. The maximum absolute atomic E-state index is 12.3. The molecule has 1 unspecified atom stereocenters. The first-order valence-corrected chi connectivity index (χ1v) is 9.05. The fourth-order valence-electron chi connectivity index (χ4n) is 1.95. The van der Waals surface area contributed by atoms with Crippen molar-refractivity contribution in [3.05, 3.63) is 39.2 Å². The smallest absolute Gasteiger partial charge is 0.343 e. The maximum atomic E-state index is 12.3. The summed E-state index contributed by atoms with van der Waals surface area (Å²) in [5.41, 5.74) is 0.435. The lowest BCUT2D eigenvalue weighted by atomic mass is 10.3. The quantitative estimate of drug-likeness (QED) is 0.511. The van der Waals surface area contributed by atoms with Crippen molar-refractivity contribution in [1.29, 1.82) is 0 Å². The molecule has 2 aromatic rings. The zero-order valence-electron chi connectivity index (χ0n) is 13.4. The molecule has 0 aliphatic rings. The summed E-state index contributed by atoms with van der Waals surface area (Å²) in [6.45, 7) is 2.82. The highest BCUT2D eigenvalue weighted by molar-refractivity contribution is 9.10. The standard InChI is InChI=1S/C15H19BrN4O3S/c1-10(13(21)17-12-6-4-11(16)5-7-12)24-15-19-18-14(22)20(15)8-3-9-23-2/h4-7,10H,3,8-9H2,1-2H3,(H,17,21)(H,18,22). The lowest BCUT2D eigenvalue weighted by Gasteiger charge is -2.12. The van der Waals surface area contributed by atoms with Gasteiger partial charge in [0.2, 0.25) is 5.91 Å². The molecule has 1 aromatic heterocycles.